The zero-order chi connectivity index (χ0) is 13.7. The molecule has 19 heavy (non-hydrogen) atoms. The van der Waals surface area contributed by atoms with Crippen molar-refractivity contribution in [3.05, 3.63) is 36.0 Å². The van der Waals surface area contributed by atoms with Gasteiger partial charge in [0.15, 0.2) is 0 Å². The summed E-state index contributed by atoms with van der Waals surface area (Å²) in [4.78, 5) is 4.53. The van der Waals surface area contributed by atoms with Crippen LogP contribution in [0.1, 0.15) is 32.3 Å². The number of rotatable bonds is 6. The zero-order valence-electron chi connectivity index (χ0n) is 11.8. The van der Waals surface area contributed by atoms with Crippen LogP contribution in [0.4, 0.5) is 5.82 Å². The van der Waals surface area contributed by atoms with E-state index in [1.807, 2.05) is 18.3 Å². The summed E-state index contributed by atoms with van der Waals surface area (Å²) in [5, 5.41) is 5.85. The molecule has 0 radical (unpaired) electrons. The normalized spacial score (nSPS) is 11.2. The van der Waals surface area contributed by atoms with Gasteiger partial charge in [0.25, 0.3) is 0 Å². The molecule has 0 aliphatic heterocycles. The van der Waals surface area contributed by atoms with Crippen LogP contribution in [0.5, 0.6) is 0 Å². The molecule has 0 bridgehead atoms. The Morgan fingerprint density at radius 3 is 2.47 bits per heavy atom. The lowest BCUT2D eigenvalue weighted by molar-refractivity contribution is 0.518. The highest BCUT2D eigenvalue weighted by atomic mass is 15.0. The smallest absolute Gasteiger partial charge is 0.133 e. The van der Waals surface area contributed by atoms with Crippen LogP contribution in [0.3, 0.4) is 0 Å². The number of fused-ring (bicyclic) bond motifs is 1. The van der Waals surface area contributed by atoms with Gasteiger partial charge in [0.05, 0.1) is 0 Å². The number of pyridine rings is 1. The molecular formula is C16H23N3. The van der Waals surface area contributed by atoms with Gasteiger partial charge in [0.1, 0.15) is 5.82 Å². The summed E-state index contributed by atoms with van der Waals surface area (Å²) in [6, 6.07) is 8.32. The van der Waals surface area contributed by atoms with E-state index in [2.05, 4.69) is 36.3 Å². The Morgan fingerprint density at radius 1 is 1.16 bits per heavy atom. The van der Waals surface area contributed by atoms with E-state index in [9.17, 15) is 0 Å². The first-order valence-corrected chi connectivity index (χ1v) is 7.10. The van der Waals surface area contributed by atoms with Gasteiger partial charge in [-0.15, -0.1) is 0 Å². The van der Waals surface area contributed by atoms with Crippen molar-refractivity contribution in [3.63, 3.8) is 0 Å². The molecule has 3 N–H and O–H groups in total. The van der Waals surface area contributed by atoms with Gasteiger partial charge >= 0.3 is 0 Å². The molecule has 2 rings (SSSR count). The Bertz CT molecular complexity index is 533. The molecule has 1 aromatic heterocycles. The predicted molar refractivity (Wildman–Crippen MR) is 82.2 cm³/mol. The third-order valence-electron chi connectivity index (χ3n) is 3.81. The SMILES string of the molecule is CCC(CC)CNc1ncc(CN)c2ccccc12. The number of benzene rings is 1. The molecule has 1 heterocycles. The van der Waals surface area contributed by atoms with E-state index in [0.717, 1.165) is 23.3 Å². The fourth-order valence-corrected chi connectivity index (χ4v) is 2.37. The van der Waals surface area contributed by atoms with E-state index in [1.54, 1.807) is 0 Å². The molecule has 3 nitrogen and oxygen atoms in total. The van der Waals surface area contributed by atoms with E-state index in [1.165, 1.54) is 18.2 Å². The summed E-state index contributed by atoms with van der Waals surface area (Å²) in [6.07, 6.45) is 4.28. The molecular weight excluding hydrogens is 234 g/mol. The van der Waals surface area contributed by atoms with Crippen LogP contribution in [0.25, 0.3) is 10.8 Å². The molecule has 0 spiro atoms. The Labute approximate surface area is 115 Å². The third kappa shape index (κ3) is 3.04. The molecule has 1 aromatic carbocycles. The second-order valence-electron chi connectivity index (χ2n) is 4.95. The average Bonchev–Trinajstić information content (AvgIpc) is 2.48. The van der Waals surface area contributed by atoms with Crippen molar-refractivity contribution in [2.45, 2.75) is 33.2 Å². The second-order valence-corrected chi connectivity index (χ2v) is 4.95. The molecule has 0 unspecified atom stereocenters. The number of hydrogen-bond acceptors (Lipinski definition) is 3. The number of nitrogens with one attached hydrogen (secondary N) is 1. The van der Waals surface area contributed by atoms with Crippen molar-refractivity contribution in [3.8, 4) is 0 Å². The third-order valence-corrected chi connectivity index (χ3v) is 3.81. The summed E-state index contributed by atoms with van der Waals surface area (Å²) in [5.74, 6) is 1.68. The van der Waals surface area contributed by atoms with Crippen molar-refractivity contribution >= 4 is 16.6 Å². The summed E-state index contributed by atoms with van der Waals surface area (Å²) in [7, 11) is 0. The predicted octanol–water partition coefficient (Wildman–Crippen LogP) is 3.54. The quantitative estimate of drug-likeness (QED) is 0.832. The van der Waals surface area contributed by atoms with Gasteiger partial charge in [-0.3, -0.25) is 0 Å². The van der Waals surface area contributed by atoms with Gasteiger partial charge in [0, 0.05) is 24.7 Å². The van der Waals surface area contributed by atoms with Gasteiger partial charge in [-0.05, 0) is 16.9 Å². The number of aromatic nitrogens is 1. The van der Waals surface area contributed by atoms with Gasteiger partial charge in [-0.25, -0.2) is 4.98 Å². The maximum absolute atomic E-state index is 5.77. The molecule has 0 saturated heterocycles. The van der Waals surface area contributed by atoms with Crippen molar-refractivity contribution in [2.24, 2.45) is 11.7 Å². The molecule has 0 fully saturated rings. The van der Waals surface area contributed by atoms with Crippen LogP contribution in [0, 0.1) is 5.92 Å². The molecule has 2 aromatic rings. The minimum Gasteiger partial charge on any atom is -0.369 e. The standard InChI is InChI=1S/C16H23N3/c1-3-12(4-2)10-18-16-15-8-6-5-7-14(15)13(9-17)11-19-16/h5-8,11-12H,3-4,9-10,17H2,1-2H3,(H,18,19). The molecule has 0 aliphatic rings. The van der Waals surface area contributed by atoms with Crippen molar-refractivity contribution in [1.82, 2.24) is 4.98 Å². The Morgan fingerprint density at radius 2 is 1.84 bits per heavy atom. The largest absolute Gasteiger partial charge is 0.369 e. The zero-order valence-corrected chi connectivity index (χ0v) is 11.8. The highest BCUT2D eigenvalue weighted by molar-refractivity contribution is 5.93. The van der Waals surface area contributed by atoms with Gasteiger partial charge in [-0.1, -0.05) is 51.0 Å². The van der Waals surface area contributed by atoms with Crippen LogP contribution in [0.15, 0.2) is 30.5 Å². The van der Waals surface area contributed by atoms with Gasteiger partial charge < -0.3 is 11.1 Å². The van der Waals surface area contributed by atoms with E-state index in [-0.39, 0.29) is 0 Å². The second kappa shape index (κ2) is 6.53. The lowest BCUT2D eigenvalue weighted by Gasteiger charge is -2.16. The van der Waals surface area contributed by atoms with Crippen LogP contribution < -0.4 is 11.1 Å². The minimum atomic E-state index is 0.528. The lowest BCUT2D eigenvalue weighted by Crippen LogP contribution is -2.14. The fraction of sp³-hybridized carbons (Fsp3) is 0.438. The lowest BCUT2D eigenvalue weighted by atomic mass is 10.0. The summed E-state index contributed by atoms with van der Waals surface area (Å²) in [5.41, 5.74) is 6.87. The summed E-state index contributed by atoms with van der Waals surface area (Å²) >= 11 is 0. The van der Waals surface area contributed by atoms with Crippen molar-refractivity contribution < 1.29 is 0 Å². The maximum atomic E-state index is 5.77. The first-order chi connectivity index (χ1) is 9.30. The monoisotopic (exact) mass is 257 g/mol. The molecule has 0 amide bonds. The molecule has 102 valence electrons. The Balaban J connectivity index is 2.29. The molecule has 3 heteroatoms. The highest BCUT2D eigenvalue weighted by Crippen LogP contribution is 2.24. The van der Waals surface area contributed by atoms with Crippen LogP contribution in [-0.2, 0) is 6.54 Å². The first-order valence-electron chi connectivity index (χ1n) is 7.10. The van der Waals surface area contributed by atoms with Crippen molar-refractivity contribution in [1.29, 1.82) is 0 Å². The Hall–Kier alpha value is -1.61. The van der Waals surface area contributed by atoms with Crippen molar-refractivity contribution in [2.75, 3.05) is 11.9 Å². The fourth-order valence-electron chi connectivity index (χ4n) is 2.37. The average molecular weight is 257 g/mol. The topological polar surface area (TPSA) is 50.9 Å². The Kier molecular flexibility index (Phi) is 4.74. The molecule has 0 saturated carbocycles. The van der Waals surface area contributed by atoms with Crippen LogP contribution in [-0.4, -0.2) is 11.5 Å². The van der Waals surface area contributed by atoms with E-state index < -0.39 is 0 Å². The number of anilines is 1. The molecule has 0 atom stereocenters. The minimum absolute atomic E-state index is 0.528. The van der Waals surface area contributed by atoms with Crippen LogP contribution in [0.2, 0.25) is 0 Å². The van der Waals surface area contributed by atoms with E-state index in [0.29, 0.717) is 12.5 Å². The summed E-state index contributed by atoms with van der Waals surface area (Å²) < 4.78 is 0. The molecule has 0 aliphatic carbocycles. The first kappa shape index (κ1) is 13.8. The highest BCUT2D eigenvalue weighted by Gasteiger charge is 2.08. The van der Waals surface area contributed by atoms with E-state index >= 15 is 0 Å². The maximum Gasteiger partial charge on any atom is 0.133 e. The van der Waals surface area contributed by atoms with E-state index in [4.69, 9.17) is 5.73 Å². The number of hydrogen-bond donors (Lipinski definition) is 2. The van der Waals surface area contributed by atoms with Gasteiger partial charge in [0.2, 0.25) is 0 Å². The number of nitrogens with two attached hydrogens (primary N) is 1. The summed E-state index contributed by atoms with van der Waals surface area (Å²) in [6.45, 7) is 5.98. The van der Waals surface area contributed by atoms with Crippen LogP contribution >= 0.6 is 0 Å². The van der Waals surface area contributed by atoms with Gasteiger partial charge in [-0.2, -0.15) is 0 Å². The number of nitrogens with zero attached hydrogens (tertiary/aromatic N) is 1.